The van der Waals surface area contributed by atoms with Gasteiger partial charge in [-0.3, -0.25) is 4.79 Å². The van der Waals surface area contributed by atoms with Gasteiger partial charge in [-0.15, -0.1) is 10.2 Å². The molecule has 118 valence electrons. The van der Waals surface area contributed by atoms with E-state index in [1.807, 2.05) is 4.90 Å². The summed E-state index contributed by atoms with van der Waals surface area (Å²) in [5, 5.41) is 13.6. The molecule has 1 aliphatic rings. The van der Waals surface area contributed by atoms with Crippen molar-refractivity contribution in [1.29, 1.82) is 0 Å². The Morgan fingerprint density at radius 3 is 2.82 bits per heavy atom. The normalized spacial score (nSPS) is 16.1. The second kappa shape index (κ2) is 7.19. The Balaban J connectivity index is 1.40. The number of aryl methyl sites for hydroxylation is 1. The largest absolute Gasteiger partial charge is 0.374 e. The molecular formula is C15H20N4OS2. The summed E-state index contributed by atoms with van der Waals surface area (Å²) in [7, 11) is 0. The van der Waals surface area contributed by atoms with E-state index in [1.54, 1.807) is 11.3 Å². The van der Waals surface area contributed by atoms with Gasteiger partial charge in [-0.05, 0) is 47.6 Å². The first-order valence-corrected chi connectivity index (χ1v) is 9.36. The van der Waals surface area contributed by atoms with E-state index in [4.69, 9.17) is 5.73 Å². The van der Waals surface area contributed by atoms with Gasteiger partial charge in [-0.2, -0.15) is 11.3 Å². The fraction of sp³-hybridized carbons (Fsp3) is 0.533. The van der Waals surface area contributed by atoms with Crippen molar-refractivity contribution in [3.8, 4) is 0 Å². The number of carbonyl (C=O) groups is 1. The number of hydrogen-bond donors (Lipinski definition) is 1. The molecule has 0 aromatic carbocycles. The molecule has 0 saturated carbocycles. The first-order valence-electron chi connectivity index (χ1n) is 7.60. The Bertz CT molecular complexity index is 603. The Morgan fingerprint density at radius 2 is 2.18 bits per heavy atom. The van der Waals surface area contributed by atoms with Crippen LogP contribution in [0.15, 0.2) is 16.8 Å². The lowest BCUT2D eigenvalue weighted by atomic mass is 9.91. The summed E-state index contributed by atoms with van der Waals surface area (Å²) in [5.74, 6) is 0.890. The molecule has 22 heavy (non-hydrogen) atoms. The number of nitrogens with two attached hydrogens (primary N) is 1. The molecule has 3 rings (SSSR count). The summed E-state index contributed by atoms with van der Waals surface area (Å²) in [6.45, 7) is 1.76. The third-order valence-corrected chi connectivity index (χ3v) is 5.64. The number of aromatic nitrogens is 2. The first-order chi connectivity index (χ1) is 10.7. The number of rotatable bonds is 5. The lowest BCUT2D eigenvalue weighted by molar-refractivity contribution is -0.132. The fourth-order valence-electron chi connectivity index (χ4n) is 2.89. The molecule has 1 aliphatic heterocycles. The minimum absolute atomic E-state index is 0.265. The van der Waals surface area contributed by atoms with Crippen LogP contribution < -0.4 is 5.73 Å². The van der Waals surface area contributed by atoms with Crippen molar-refractivity contribution in [2.45, 2.75) is 38.0 Å². The van der Waals surface area contributed by atoms with Crippen LogP contribution in [0.25, 0.3) is 0 Å². The van der Waals surface area contributed by atoms with Crippen LogP contribution in [-0.2, 0) is 11.2 Å². The van der Waals surface area contributed by atoms with Gasteiger partial charge in [-0.1, -0.05) is 11.3 Å². The summed E-state index contributed by atoms with van der Waals surface area (Å²) in [6, 6.07) is 2.21. The van der Waals surface area contributed by atoms with E-state index in [1.165, 1.54) is 16.9 Å². The Labute approximate surface area is 138 Å². The molecule has 7 heteroatoms. The van der Waals surface area contributed by atoms with Crippen LogP contribution in [0.3, 0.4) is 0 Å². The molecule has 0 radical (unpaired) electrons. The van der Waals surface area contributed by atoms with Gasteiger partial charge >= 0.3 is 0 Å². The highest BCUT2D eigenvalue weighted by Gasteiger charge is 2.23. The van der Waals surface area contributed by atoms with E-state index in [-0.39, 0.29) is 5.91 Å². The fourth-order valence-corrected chi connectivity index (χ4v) is 4.28. The van der Waals surface area contributed by atoms with Crippen LogP contribution in [-0.4, -0.2) is 34.1 Å². The zero-order valence-corrected chi connectivity index (χ0v) is 14.0. The standard InChI is InChI=1S/C15H20N4OS2/c16-15-18-17-13(22-15)2-1-3-14(20)19-7-4-11(5-8-19)12-6-9-21-10-12/h6,9-11H,1-5,7-8H2,(H2,16,18). The van der Waals surface area contributed by atoms with E-state index >= 15 is 0 Å². The van der Waals surface area contributed by atoms with Gasteiger partial charge in [0.25, 0.3) is 0 Å². The monoisotopic (exact) mass is 336 g/mol. The number of nitrogen functional groups attached to an aromatic ring is 1. The van der Waals surface area contributed by atoms with Gasteiger partial charge in [0.1, 0.15) is 5.01 Å². The molecule has 1 saturated heterocycles. The summed E-state index contributed by atoms with van der Waals surface area (Å²) in [4.78, 5) is 14.3. The summed E-state index contributed by atoms with van der Waals surface area (Å²) in [6.07, 6.45) is 4.34. The number of amides is 1. The van der Waals surface area contributed by atoms with Gasteiger partial charge < -0.3 is 10.6 Å². The molecule has 2 aromatic heterocycles. The zero-order valence-electron chi connectivity index (χ0n) is 12.4. The quantitative estimate of drug-likeness (QED) is 0.911. The highest BCUT2D eigenvalue weighted by Crippen LogP contribution is 2.29. The zero-order chi connectivity index (χ0) is 15.4. The van der Waals surface area contributed by atoms with Crippen molar-refractivity contribution in [3.63, 3.8) is 0 Å². The van der Waals surface area contributed by atoms with Crippen molar-refractivity contribution in [1.82, 2.24) is 15.1 Å². The van der Waals surface area contributed by atoms with E-state index in [2.05, 4.69) is 27.0 Å². The number of thiophene rings is 1. The van der Waals surface area contributed by atoms with Gasteiger partial charge in [0, 0.05) is 25.9 Å². The second-order valence-corrected chi connectivity index (χ2v) is 7.47. The molecule has 1 fully saturated rings. The topological polar surface area (TPSA) is 72.1 Å². The molecule has 1 amide bonds. The van der Waals surface area contributed by atoms with Crippen molar-refractivity contribution in [2.24, 2.45) is 0 Å². The summed E-state index contributed by atoms with van der Waals surface area (Å²) in [5.41, 5.74) is 6.99. The minimum Gasteiger partial charge on any atom is -0.374 e. The van der Waals surface area contributed by atoms with Crippen molar-refractivity contribution < 1.29 is 4.79 Å². The molecule has 2 aromatic rings. The van der Waals surface area contributed by atoms with Crippen LogP contribution in [0.2, 0.25) is 0 Å². The molecule has 2 N–H and O–H groups in total. The third kappa shape index (κ3) is 3.84. The maximum Gasteiger partial charge on any atom is 0.222 e. The molecule has 5 nitrogen and oxygen atoms in total. The molecule has 3 heterocycles. The molecule has 0 atom stereocenters. The average Bonchev–Trinajstić information content (AvgIpc) is 3.19. The Morgan fingerprint density at radius 1 is 1.36 bits per heavy atom. The number of anilines is 1. The molecule has 0 aliphatic carbocycles. The lowest BCUT2D eigenvalue weighted by Crippen LogP contribution is -2.37. The van der Waals surface area contributed by atoms with Crippen LogP contribution >= 0.6 is 22.7 Å². The van der Waals surface area contributed by atoms with Crippen molar-refractivity contribution in [3.05, 3.63) is 27.4 Å². The minimum atomic E-state index is 0.265. The highest BCUT2D eigenvalue weighted by molar-refractivity contribution is 7.15. The first kappa shape index (κ1) is 15.4. The van der Waals surface area contributed by atoms with Gasteiger partial charge in [-0.25, -0.2) is 0 Å². The SMILES string of the molecule is Nc1nnc(CCCC(=O)N2CCC(c3ccsc3)CC2)s1. The van der Waals surface area contributed by atoms with Crippen LogP contribution in [0, 0.1) is 0 Å². The van der Waals surface area contributed by atoms with E-state index in [9.17, 15) is 4.79 Å². The van der Waals surface area contributed by atoms with Gasteiger partial charge in [0.2, 0.25) is 11.0 Å². The maximum absolute atomic E-state index is 12.3. The van der Waals surface area contributed by atoms with E-state index in [0.717, 1.165) is 43.8 Å². The Hall–Kier alpha value is -1.47. The van der Waals surface area contributed by atoms with Crippen LogP contribution in [0.1, 0.15) is 42.2 Å². The van der Waals surface area contributed by atoms with E-state index in [0.29, 0.717) is 17.5 Å². The van der Waals surface area contributed by atoms with Crippen LogP contribution in [0.5, 0.6) is 0 Å². The average molecular weight is 336 g/mol. The molecular weight excluding hydrogens is 316 g/mol. The van der Waals surface area contributed by atoms with Gasteiger partial charge in [0.15, 0.2) is 0 Å². The predicted molar refractivity (Wildman–Crippen MR) is 90.1 cm³/mol. The van der Waals surface area contributed by atoms with Crippen molar-refractivity contribution in [2.75, 3.05) is 18.8 Å². The number of piperidine rings is 1. The van der Waals surface area contributed by atoms with E-state index < -0.39 is 0 Å². The van der Waals surface area contributed by atoms with Crippen LogP contribution in [0.4, 0.5) is 5.13 Å². The number of nitrogens with zero attached hydrogens (tertiary/aromatic N) is 3. The Kier molecular flexibility index (Phi) is 5.04. The van der Waals surface area contributed by atoms with Gasteiger partial charge in [0.05, 0.1) is 0 Å². The summed E-state index contributed by atoms with van der Waals surface area (Å²) >= 11 is 3.16. The summed E-state index contributed by atoms with van der Waals surface area (Å²) < 4.78 is 0. The molecule has 0 spiro atoms. The van der Waals surface area contributed by atoms with Crippen molar-refractivity contribution >= 4 is 33.7 Å². The second-order valence-electron chi connectivity index (χ2n) is 5.60. The molecule has 0 bridgehead atoms. The highest BCUT2D eigenvalue weighted by atomic mass is 32.1. The predicted octanol–water partition coefficient (Wildman–Crippen LogP) is 2.91. The number of carbonyl (C=O) groups excluding carboxylic acids is 1. The number of likely N-dealkylation sites (tertiary alicyclic amines) is 1. The smallest absolute Gasteiger partial charge is 0.222 e. The molecule has 0 unspecified atom stereocenters. The maximum atomic E-state index is 12.3. The third-order valence-electron chi connectivity index (χ3n) is 4.13. The lowest BCUT2D eigenvalue weighted by Gasteiger charge is -2.32. The number of hydrogen-bond acceptors (Lipinski definition) is 6.